The zero-order valence-electron chi connectivity index (χ0n) is 13.6. The molecule has 0 fully saturated rings. The Hall–Kier alpha value is -3.29. The number of nitro groups is 1. The van der Waals surface area contributed by atoms with Gasteiger partial charge in [0.25, 0.3) is 11.6 Å². The van der Waals surface area contributed by atoms with Crippen molar-refractivity contribution < 1.29 is 18.9 Å². The van der Waals surface area contributed by atoms with Crippen LogP contribution in [0.1, 0.15) is 22.8 Å². The minimum absolute atomic E-state index is 0.0246. The molecule has 0 saturated heterocycles. The Labute approximate surface area is 143 Å². The number of aryl methyl sites for hydroxylation is 1. The van der Waals surface area contributed by atoms with Crippen molar-refractivity contribution in [2.45, 2.75) is 19.9 Å². The number of para-hydroxylation sites is 1. The van der Waals surface area contributed by atoms with Gasteiger partial charge in [-0.05, 0) is 38.1 Å². The summed E-state index contributed by atoms with van der Waals surface area (Å²) in [6, 6.07) is 9.38. The molecule has 0 aliphatic heterocycles. The highest BCUT2D eigenvalue weighted by Gasteiger charge is 2.26. The molecule has 2 amide bonds. The molecule has 8 heteroatoms. The van der Waals surface area contributed by atoms with Crippen molar-refractivity contribution in [3.05, 3.63) is 69.5 Å². The van der Waals surface area contributed by atoms with E-state index in [-0.39, 0.29) is 5.56 Å². The molecule has 0 aliphatic rings. The van der Waals surface area contributed by atoms with Crippen LogP contribution in [-0.2, 0) is 4.79 Å². The summed E-state index contributed by atoms with van der Waals surface area (Å²) in [5, 5.41) is 16.1. The maximum atomic E-state index is 13.5. The largest absolute Gasteiger partial charge is 0.340 e. The first-order valence-corrected chi connectivity index (χ1v) is 7.41. The number of hydrogen-bond donors (Lipinski definition) is 2. The van der Waals surface area contributed by atoms with Crippen LogP contribution >= 0.6 is 0 Å². The first-order chi connectivity index (χ1) is 11.8. The van der Waals surface area contributed by atoms with Crippen molar-refractivity contribution >= 4 is 23.2 Å². The first kappa shape index (κ1) is 18.1. The quantitative estimate of drug-likeness (QED) is 0.642. The summed E-state index contributed by atoms with van der Waals surface area (Å²) in [6.45, 7) is 2.76. The number of anilines is 1. The van der Waals surface area contributed by atoms with Gasteiger partial charge in [0.05, 0.1) is 4.92 Å². The predicted octanol–water partition coefficient (Wildman–Crippen LogP) is 2.80. The van der Waals surface area contributed by atoms with E-state index < -0.39 is 39.8 Å². The fraction of sp³-hybridized carbons (Fsp3) is 0.176. The Balaban J connectivity index is 2.16. The number of halogens is 1. The van der Waals surface area contributed by atoms with Crippen LogP contribution in [0.5, 0.6) is 0 Å². The molecule has 0 unspecified atom stereocenters. The second-order valence-corrected chi connectivity index (χ2v) is 5.43. The Morgan fingerprint density at radius 3 is 2.44 bits per heavy atom. The monoisotopic (exact) mass is 345 g/mol. The average Bonchev–Trinajstić information content (AvgIpc) is 2.54. The molecule has 0 spiro atoms. The van der Waals surface area contributed by atoms with E-state index in [9.17, 15) is 24.1 Å². The van der Waals surface area contributed by atoms with Gasteiger partial charge in [0.2, 0.25) is 5.91 Å². The molecule has 2 aromatic carbocycles. The molecule has 25 heavy (non-hydrogen) atoms. The highest BCUT2D eigenvalue weighted by Crippen LogP contribution is 2.24. The number of rotatable bonds is 5. The normalized spacial score (nSPS) is 11.5. The molecule has 0 bridgehead atoms. The van der Waals surface area contributed by atoms with Crippen LogP contribution in [-0.4, -0.2) is 22.8 Å². The summed E-state index contributed by atoms with van der Waals surface area (Å²) in [6.07, 6.45) is 0. The van der Waals surface area contributed by atoms with Crippen LogP contribution in [0, 0.1) is 22.9 Å². The van der Waals surface area contributed by atoms with Crippen molar-refractivity contribution in [1.29, 1.82) is 0 Å². The van der Waals surface area contributed by atoms with Crippen LogP contribution in [0.15, 0.2) is 42.5 Å². The Morgan fingerprint density at radius 2 is 1.84 bits per heavy atom. The van der Waals surface area contributed by atoms with E-state index in [1.807, 2.05) is 0 Å². The lowest BCUT2D eigenvalue weighted by Crippen LogP contribution is -2.41. The lowest BCUT2D eigenvalue weighted by atomic mass is 10.1. The van der Waals surface area contributed by atoms with E-state index in [4.69, 9.17) is 0 Å². The van der Waals surface area contributed by atoms with Gasteiger partial charge in [-0.2, -0.15) is 0 Å². The van der Waals surface area contributed by atoms with E-state index in [1.165, 1.54) is 13.8 Å². The Morgan fingerprint density at radius 1 is 1.20 bits per heavy atom. The molecule has 2 N–H and O–H groups in total. The molecule has 130 valence electrons. The smallest absolute Gasteiger partial charge is 0.285 e. The van der Waals surface area contributed by atoms with Gasteiger partial charge in [-0.1, -0.05) is 18.2 Å². The maximum Gasteiger partial charge on any atom is 0.285 e. The van der Waals surface area contributed by atoms with E-state index in [0.717, 1.165) is 12.1 Å². The third kappa shape index (κ3) is 4.37. The van der Waals surface area contributed by atoms with Crippen LogP contribution in [0.2, 0.25) is 0 Å². The molecule has 2 aromatic rings. The number of benzene rings is 2. The van der Waals surface area contributed by atoms with Gasteiger partial charge in [0, 0.05) is 11.3 Å². The van der Waals surface area contributed by atoms with Gasteiger partial charge in [-0.25, -0.2) is 4.39 Å². The summed E-state index contributed by atoms with van der Waals surface area (Å²) in [5.74, 6) is -2.17. The standard InChI is InChI=1S/C17H16FN3O4/c1-10-8-12(18)9-14(15(10)21(24)25)17(23)19-11(2)16(22)20-13-6-4-3-5-7-13/h3-9,11H,1-2H3,(H,19,23)(H,20,22)/t11-/m1/s1. The van der Waals surface area contributed by atoms with Crippen molar-refractivity contribution in [3.8, 4) is 0 Å². The topological polar surface area (TPSA) is 101 Å². The summed E-state index contributed by atoms with van der Waals surface area (Å²) in [4.78, 5) is 34.8. The summed E-state index contributed by atoms with van der Waals surface area (Å²) in [7, 11) is 0. The number of carbonyl (C=O) groups excluding carboxylic acids is 2. The van der Waals surface area contributed by atoms with E-state index in [0.29, 0.717) is 5.69 Å². The zero-order chi connectivity index (χ0) is 18.6. The van der Waals surface area contributed by atoms with Gasteiger partial charge in [0.15, 0.2) is 0 Å². The molecule has 0 saturated carbocycles. The number of nitrogens with zero attached hydrogens (tertiary/aromatic N) is 1. The van der Waals surface area contributed by atoms with Gasteiger partial charge in [0.1, 0.15) is 17.4 Å². The lowest BCUT2D eigenvalue weighted by Gasteiger charge is -2.14. The first-order valence-electron chi connectivity index (χ1n) is 7.41. The van der Waals surface area contributed by atoms with E-state index in [1.54, 1.807) is 30.3 Å². The van der Waals surface area contributed by atoms with Crippen molar-refractivity contribution in [2.24, 2.45) is 0 Å². The van der Waals surface area contributed by atoms with Crippen molar-refractivity contribution in [3.63, 3.8) is 0 Å². The van der Waals surface area contributed by atoms with Gasteiger partial charge >= 0.3 is 0 Å². The van der Waals surface area contributed by atoms with Gasteiger partial charge in [-0.3, -0.25) is 19.7 Å². The second-order valence-electron chi connectivity index (χ2n) is 5.43. The number of nitro benzene ring substituents is 1. The van der Waals surface area contributed by atoms with Crippen LogP contribution < -0.4 is 10.6 Å². The average molecular weight is 345 g/mol. The molecule has 7 nitrogen and oxygen atoms in total. The SMILES string of the molecule is Cc1cc(F)cc(C(=O)N[C@H](C)C(=O)Nc2ccccc2)c1[N+](=O)[O-]. The number of nitrogens with one attached hydrogen (secondary N) is 2. The van der Waals surface area contributed by atoms with Crippen molar-refractivity contribution in [1.82, 2.24) is 5.32 Å². The third-order valence-corrected chi connectivity index (χ3v) is 3.47. The lowest BCUT2D eigenvalue weighted by molar-refractivity contribution is -0.385. The van der Waals surface area contributed by atoms with Crippen LogP contribution in [0.4, 0.5) is 15.8 Å². The maximum absolute atomic E-state index is 13.5. The Bertz CT molecular complexity index is 824. The van der Waals surface area contributed by atoms with Crippen LogP contribution in [0.3, 0.4) is 0 Å². The minimum Gasteiger partial charge on any atom is -0.340 e. The fourth-order valence-electron chi connectivity index (χ4n) is 2.26. The summed E-state index contributed by atoms with van der Waals surface area (Å²) in [5.41, 5.74) is -0.353. The zero-order valence-corrected chi connectivity index (χ0v) is 13.6. The summed E-state index contributed by atoms with van der Waals surface area (Å²) >= 11 is 0. The molecule has 0 aromatic heterocycles. The third-order valence-electron chi connectivity index (χ3n) is 3.47. The minimum atomic E-state index is -0.976. The molecule has 2 rings (SSSR count). The number of amides is 2. The van der Waals surface area contributed by atoms with Gasteiger partial charge in [-0.15, -0.1) is 0 Å². The molecule has 1 atom stereocenters. The highest BCUT2D eigenvalue weighted by atomic mass is 19.1. The van der Waals surface area contributed by atoms with Crippen molar-refractivity contribution in [2.75, 3.05) is 5.32 Å². The number of hydrogen-bond acceptors (Lipinski definition) is 4. The second kappa shape index (κ2) is 7.52. The molecular weight excluding hydrogens is 329 g/mol. The highest BCUT2D eigenvalue weighted by molar-refractivity contribution is 6.03. The molecule has 0 aliphatic carbocycles. The van der Waals surface area contributed by atoms with Crippen LogP contribution in [0.25, 0.3) is 0 Å². The van der Waals surface area contributed by atoms with E-state index in [2.05, 4.69) is 10.6 Å². The molecule has 0 heterocycles. The predicted molar refractivity (Wildman–Crippen MR) is 89.8 cm³/mol. The Kier molecular flexibility index (Phi) is 5.43. The number of carbonyl (C=O) groups is 2. The summed E-state index contributed by atoms with van der Waals surface area (Å²) < 4.78 is 13.5. The van der Waals surface area contributed by atoms with E-state index >= 15 is 0 Å². The molecule has 0 radical (unpaired) electrons. The fourth-order valence-corrected chi connectivity index (χ4v) is 2.26. The van der Waals surface area contributed by atoms with Gasteiger partial charge < -0.3 is 10.6 Å². The molecular formula is C17H16FN3O4.